The predicted molar refractivity (Wildman–Crippen MR) is 83.9 cm³/mol. The van der Waals surface area contributed by atoms with Crippen molar-refractivity contribution in [2.45, 2.75) is 25.9 Å². The molecule has 0 saturated carbocycles. The molecule has 1 saturated heterocycles. The second-order valence-electron chi connectivity index (χ2n) is 6.34. The van der Waals surface area contributed by atoms with Crippen molar-refractivity contribution in [3.63, 3.8) is 0 Å². The summed E-state index contributed by atoms with van der Waals surface area (Å²) in [4.78, 5) is 16.4. The van der Waals surface area contributed by atoms with Gasteiger partial charge in [-0.25, -0.2) is 0 Å². The van der Waals surface area contributed by atoms with E-state index in [4.69, 9.17) is 5.73 Å². The van der Waals surface area contributed by atoms with E-state index < -0.39 is 5.60 Å². The highest BCUT2D eigenvalue weighted by molar-refractivity contribution is 5.80. The van der Waals surface area contributed by atoms with Crippen LogP contribution in [0.25, 0.3) is 0 Å². The number of amides is 1. The Morgan fingerprint density at radius 1 is 1.24 bits per heavy atom. The first-order chi connectivity index (χ1) is 9.85. The average molecular weight is 291 g/mol. The molecule has 0 spiro atoms. The Morgan fingerprint density at radius 3 is 2.43 bits per heavy atom. The number of hydrogen-bond donors (Lipinski definition) is 2. The van der Waals surface area contributed by atoms with Gasteiger partial charge in [0.15, 0.2) is 0 Å². The number of anilines is 1. The van der Waals surface area contributed by atoms with Gasteiger partial charge in [-0.1, -0.05) is 18.2 Å². The lowest BCUT2D eigenvalue weighted by atomic mass is 10.1. The molecule has 1 aliphatic rings. The van der Waals surface area contributed by atoms with Crippen molar-refractivity contribution < 1.29 is 9.90 Å². The fourth-order valence-corrected chi connectivity index (χ4v) is 2.67. The number of carbonyl (C=O) groups excluding carboxylic acids is 1. The number of β-amino-alcohol motifs (C(OH)–C–C–N with tert-alkyl or cyclic N) is 1. The van der Waals surface area contributed by atoms with Gasteiger partial charge in [-0.05, 0) is 25.5 Å². The normalized spacial score (nSPS) is 17.0. The van der Waals surface area contributed by atoms with Crippen molar-refractivity contribution in [3.8, 4) is 0 Å². The van der Waals surface area contributed by atoms with E-state index in [1.807, 2.05) is 43.0 Å². The maximum Gasteiger partial charge on any atom is 0.227 e. The largest absolute Gasteiger partial charge is 0.398 e. The van der Waals surface area contributed by atoms with Crippen LogP contribution in [0.4, 0.5) is 5.69 Å². The van der Waals surface area contributed by atoms with Gasteiger partial charge in [0, 0.05) is 38.4 Å². The number of rotatable bonds is 4. The summed E-state index contributed by atoms with van der Waals surface area (Å²) in [5.74, 6) is 0.121. The van der Waals surface area contributed by atoms with Crippen molar-refractivity contribution in [2.75, 3.05) is 38.5 Å². The minimum atomic E-state index is -0.690. The first kappa shape index (κ1) is 15.8. The van der Waals surface area contributed by atoms with Crippen LogP contribution in [0.15, 0.2) is 24.3 Å². The number of nitrogen functional groups attached to an aromatic ring is 1. The van der Waals surface area contributed by atoms with E-state index in [1.165, 1.54) is 0 Å². The Bertz CT molecular complexity index is 489. The highest BCUT2D eigenvalue weighted by Gasteiger charge is 2.25. The molecule has 1 aliphatic heterocycles. The van der Waals surface area contributed by atoms with Gasteiger partial charge in [0.1, 0.15) is 0 Å². The molecule has 1 fully saturated rings. The van der Waals surface area contributed by atoms with Crippen LogP contribution in [-0.2, 0) is 11.2 Å². The molecular formula is C16H25N3O2. The summed E-state index contributed by atoms with van der Waals surface area (Å²) in [6.07, 6.45) is 0.359. The van der Waals surface area contributed by atoms with Gasteiger partial charge in [0.2, 0.25) is 5.91 Å². The molecule has 21 heavy (non-hydrogen) atoms. The van der Waals surface area contributed by atoms with E-state index in [2.05, 4.69) is 4.90 Å². The zero-order chi connectivity index (χ0) is 15.5. The number of benzene rings is 1. The van der Waals surface area contributed by atoms with Gasteiger partial charge in [0.25, 0.3) is 0 Å². The van der Waals surface area contributed by atoms with Crippen molar-refractivity contribution >= 4 is 11.6 Å². The summed E-state index contributed by atoms with van der Waals surface area (Å²) in [6, 6.07) is 7.50. The number of nitrogens with two attached hydrogens (primary N) is 1. The van der Waals surface area contributed by atoms with Crippen LogP contribution >= 0.6 is 0 Å². The number of carbonyl (C=O) groups is 1. The molecule has 3 N–H and O–H groups in total. The van der Waals surface area contributed by atoms with Gasteiger partial charge in [-0.3, -0.25) is 9.69 Å². The summed E-state index contributed by atoms with van der Waals surface area (Å²) >= 11 is 0. The fraction of sp³-hybridized carbons (Fsp3) is 0.562. The van der Waals surface area contributed by atoms with Crippen LogP contribution in [0.5, 0.6) is 0 Å². The highest BCUT2D eigenvalue weighted by atomic mass is 16.3. The molecule has 0 atom stereocenters. The average Bonchev–Trinajstić information content (AvgIpc) is 2.40. The monoisotopic (exact) mass is 291 g/mol. The quantitative estimate of drug-likeness (QED) is 0.802. The summed E-state index contributed by atoms with van der Waals surface area (Å²) in [6.45, 7) is 7.29. The number of nitrogens with zero attached hydrogens (tertiary/aromatic N) is 2. The Kier molecular flexibility index (Phi) is 4.85. The second-order valence-corrected chi connectivity index (χ2v) is 6.34. The lowest BCUT2D eigenvalue weighted by Crippen LogP contribution is -2.52. The summed E-state index contributed by atoms with van der Waals surface area (Å²) in [5, 5.41) is 9.83. The summed E-state index contributed by atoms with van der Waals surface area (Å²) in [5.41, 5.74) is 6.76. The van der Waals surface area contributed by atoms with Crippen LogP contribution in [0.3, 0.4) is 0 Å². The second kappa shape index (κ2) is 6.45. The molecule has 116 valence electrons. The lowest BCUT2D eigenvalue weighted by Gasteiger charge is -2.37. The summed E-state index contributed by atoms with van der Waals surface area (Å²) < 4.78 is 0. The van der Waals surface area contributed by atoms with Gasteiger partial charge >= 0.3 is 0 Å². The van der Waals surface area contributed by atoms with Crippen LogP contribution in [0, 0.1) is 0 Å². The highest BCUT2D eigenvalue weighted by Crippen LogP contribution is 2.14. The Morgan fingerprint density at radius 2 is 1.86 bits per heavy atom. The third kappa shape index (κ3) is 4.72. The lowest BCUT2D eigenvalue weighted by molar-refractivity contribution is -0.132. The van der Waals surface area contributed by atoms with E-state index in [9.17, 15) is 9.90 Å². The molecule has 2 rings (SSSR count). The Hall–Kier alpha value is -1.59. The zero-order valence-electron chi connectivity index (χ0n) is 12.9. The first-order valence-corrected chi connectivity index (χ1v) is 7.41. The van der Waals surface area contributed by atoms with Gasteiger partial charge in [-0.15, -0.1) is 0 Å². The molecule has 0 radical (unpaired) electrons. The minimum absolute atomic E-state index is 0.121. The van der Waals surface area contributed by atoms with Crippen LogP contribution in [-0.4, -0.2) is 59.1 Å². The third-order valence-corrected chi connectivity index (χ3v) is 3.73. The van der Waals surface area contributed by atoms with Gasteiger partial charge < -0.3 is 15.7 Å². The molecule has 1 heterocycles. The number of hydrogen-bond acceptors (Lipinski definition) is 4. The fourth-order valence-electron chi connectivity index (χ4n) is 2.67. The van der Waals surface area contributed by atoms with E-state index in [0.717, 1.165) is 18.7 Å². The molecule has 0 aromatic heterocycles. The van der Waals surface area contributed by atoms with Gasteiger partial charge in [0.05, 0.1) is 12.0 Å². The molecule has 0 unspecified atom stereocenters. The first-order valence-electron chi connectivity index (χ1n) is 7.41. The van der Waals surface area contributed by atoms with Crippen LogP contribution in [0.2, 0.25) is 0 Å². The number of para-hydroxylation sites is 1. The van der Waals surface area contributed by atoms with Gasteiger partial charge in [-0.2, -0.15) is 0 Å². The smallest absolute Gasteiger partial charge is 0.227 e. The van der Waals surface area contributed by atoms with Crippen molar-refractivity contribution in [3.05, 3.63) is 29.8 Å². The van der Waals surface area contributed by atoms with Crippen molar-refractivity contribution in [1.29, 1.82) is 0 Å². The molecule has 0 aliphatic carbocycles. The number of piperazine rings is 1. The predicted octanol–water partition coefficient (Wildman–Crippen LogP) is 0.726. The third-order valence-electron chi connectivity index (χ3n) is 3.73. The summed E-state index contributed by atoms with van der Waals surface area (Å²) in [7, 11) is 0. The molecule has 1 aromatic carbocycles. The van der Waals surface area contributed by atoms with Crippen molar-refractivity contribution in [1.82, 2.24) is 9.80 Å². The molecule has 5 nitrogen and oxygen atoms in total. The molecule has 1 amide bonds. The SMILES string of the molecule is CC(C)(O)CN1CCN(C(=O)Cc2ccccc2N)CC1. The maximum absolute atomic E-state index is 12.3. The van der Waals surface area contributed by atoms with E-state index in [-0.39, 0.29) is 5.91 Å². The van der Waals surface area contributed by atoms with Crippen LogP contribution < -0.4 is 5.73 Å². The maximum atomic E-state index is 12.3. The Labute approximate surface area is 126 Å². The minimum Gasteiger partial charge on any atom is -0.398 e. The molecule has 5 heteroatoms. The standard InChI is InChI=1S/C16H25N3O2/c1-16(2,21)12-18-7-9-19(10-8-18)15(20)11-13-5-3-4-6-14(13)17/h3-6,21H,7-12,17H2,1-2H3. The van der Waals surface area contributed by atoms with E-state index >= 15 is 0 Å². The molecule has 0 bridgehead atoms. The number of aliphatic hydroxyl groups is 1. The van der Waals surface area contributed by atoms with E-state index in [0.29, 0.717) is 31.7 Å². The van der Waals surface area contributed by atoms with E-state index in [1.54, 1.807) is 0 Å². The van der Waals surface area contributed by atoms with Crippen LogP contribution in [0.1, 0.15) is 19.4 Å². The molecule has 1 aromatic rings. The zero-order valence-corrected chi connectivity index (χ0v) is 12.9. The topological polar surface area (TPSA) is 69.8 Å². The van der Waals surface area contributed by atoms with Crippen molar-refractivity contribution in [2.24, 2.45) is 0 Å². The molecular weight excluding hydrogens is 266 g/mol. The Balaban J connectivity index is 1.85.